The second kappa shape index (κ2) is 12.1. The third-order valence-corrected chi connectivity index (χ3v) is 9.67. The Morgan fingerprint density at radius 2 is 1.84 bits per heavy atom. The number of nitrogens with one attached hydrogen (secondary N) is 3. The van der Waals surface area contributed by atoms with Crippen molar-refractivity contribution >= 4 is 56.8 Å². The molecule has 0 spiro atoms. The minimum absolute atomic E-state index is 0.0225. The van der Waals surface area contributed by atoms with Crippen LogP contribution in [0.25, 0.3) is 21.9 Å². The number of hydrogen-bond acceptors (Lipinski definition) is 6. The number of thiophene rings is 1. The maximum absolute atomic E-state index is 13.7. The standard InChI is InChI=1S/C34H35N5O4S/c1-19-7-3-4-8-24(19)22-14-27(34(42)38-20(2)30-15-23(18-44-30)32(35)36)39(17-22)31(40)16-37-33(41)21-11-12-29-26(13-21)25-9-5-6-10-28(25)43-29/h5-13,15,18,20,22,27H,3-4,14,16-17H2,1-2H3,(H3,35,36)(H,37,41)(H,38,42)/t20-,22+,27+/m1/s1. The summed E-state index contributed by atoms with van der Waals surface area (Å²) in [6.07, 6.45) is 6.86. The molecule has 4 aromatic rings. The van der Waals surface area contributed by atoms with Crippen LogP contribution in [0.4, 0.5) is 0 Å². The van der Waals surface area contributed by atoms with Crippen molar-refractivity contribution in [1.82, 2.24) is 15.5 Å². The van der Waals surface area contributed by atoms with Crippen molar-refractivity contribution in [2.24, 2.45) is 11.7 Å². The summed E-state index contributed by atoms with van der Waals surface area (Å²) in [6, 6.07) is 13.7. The van der Waals surface area contributed by atoms with Gasteiger partial charge in [-0.3, -0.25) is 19.8 Å². The molecule has 3 atom stereocenters. The van der Waals surface area contributed by atoms with Gasteiger partial charge in [0.15, 0.2) is 0 Å². The zero-order valence-electron chi connectivity index (χ0n) is 24.7. The summed E-state index contributed by atoms with van der Waals surface area (Å²) in [5, 5.41) is 17.1. The average molecular weight is 610 g/mol. The van der Waals surface area contributed by atoms with E-state index in [1.54, 1.807) is 34.5 Å². The Labute approximate surface area is 259 Å². The molecule has 1 fully saturated rings. The SMILES string of the molecule is CC1=CCCC=C1[C@H]1C[C@@H](C(=O)N[C@H](C)c2cc(C(=N)N)cs2)N(C(=O)CNC(=O)c2ccc3oc4ccccc4c3c2)C1. The van der Waals surface area contributed by atoms with Crippen LogP contribution in [0.5, 0.6) is 0 Å². The number of nitrogens with two attached hydrogens (primary N) is 1. The third kappa shape index (κ3) is 5.77. The number of para-hydroxylation sites is 1. The van der Waals surface area contributed by atoms with E-state index in [-0.39, 0.29) is 42.1 Å². The van der Waals surface area contributed by atoms with Crippen molar-refractivity contribution in [3.63, 3.8) is 0 Å². The number of carbonyl (C=O) groups is 3. The van der Waals surface area contributed by atoms with E-state index in [1.165, 1.54) is 22.5 Å². The molecule has 5 N–H and O–H groups in total. The molecular weight excluding hydrogens is 574 g/mol. The normalized spacial score (nSPS) is 19.0. The second-order valence-corrected chi connectivity index (χ2v) is 12.4. The van der Waals surface area contributed by atoms with Crippen LogP contribution >= 0.6 is 11.3 Å². The molecule has 0 unspecified atom stereocenters. The van der Waals surface area contributed by atoms with E-state index >= 15 is 0 Å². The van der Waals surface area contributed by atoms with Gasteiger partial charge in [-0.25, -0.2) is 0 Å². The van der Waals surface area contributed by atoms with Crippen LogP contribution in [-0.4, -0.2) is 47.6 Å². The highest BCUT2D eigenvalue weighted by Gasteiger charge is 2.41. The van der Waals surface area contributed by atoms with Crippen molar-refractivity contribution in [3.05, 3.63) is 93.2 Å². The van der Waals surface area contributed by atoms with Gasteiger partial charge in [-0.2, -0.15) is 0 Å². The van der Waals surface area contributed by atoms with Crippen LogP contribution in [0.15, 0.2) is 81.6 Å². The van der Waals surface area contributed by atoms with Crippen LogP contribution in [0.2, 0.25) is 0 Å². The molecule has 0 radical (unpaired) electrons. The Hall–Kier alpha value is -4.70. The number of likely N-dealkylation sites (tertiary alicyclic amines) is 1. The van der Waals surface area contributed by atoms with Gasteiger partial charge in [-0.1, -0.05) is 35.9 Å². The van der Waals surface area contributed by atoms with Gasteiger partial charge >= 0.3 is 0 Å². The Balaban J connectivity index is 1.17. The van der Waals surface area contributed by atoms with Crippen LogP contribution < -0.4 is 16.4 Å². The lowest BCUT2D eigenvalue weighted by molar-refractivity contribution is -0.138. The molecule has 1 aliphatic carbocycles. The van der Waals surface area contributed by atoms with Crippen molar-refractivity contribution < 1.29 is 18.8 Å². The lowest BCUT2D eigenvalue weighted by Gasteiger charge is -2.25. The first-order valence-electron chi connectivity index (χ1n) is 14.8. The zero-order valence-corrected chi connectivity index (χ0v) is 25.5. The van der Waals surface area contributed by atoms with E-state index in [9.17, 15) is 14.4 Å². The Morgan fingerprint density at radius 1 is 1.07 bits per heavy atom. The van der Waals surface area contributed by atoms with Crippen molar-refractivity contribution in [1.29, 1.82) is 5.41 Å². The minimum atomic E-state index is -0.677. The second-order valence-electron chi connectivity index (χ2n) is 11.5. The summed E-state index contributed by atoms with van der Waals surface area (Å²) < 4.78 is 5.87. The van der Waals surface area contributed by atoms with Crippen LogP contribution in [0.3, 0.4) is 0 Å². The first kappa shape index (κ1) is 29.4. The summed E-state index contributed by atoms with van der Waals surface area (Å²) in [5.74, 6) is -0.918. The molecule has 10 heteroatoms. The topological polar surface area (TPSA) is 142 Å². The average Bonchev–Trinajstić information content (AvgIpc) is 3.77. The predicted molar refractivity (Wildman–Crippen MR) is 173 cm³/mol. The fraction of sp³-hybridized carbons (Fsp3) is 0.294. The quantitative estimate of drug-likeness (QED) is 0.156. The lowest BCUT2D eigenvalue weighted by Crippen LogP contribution is -2.49. The molecule has 1 saturated heterocycles. The molecule has 2 aromatic carbocycles. The molecule has 226 valence electrons. The fourth-order valence-corrected chi connectivity index (χ4v) is 7.14. The highest BCUT2D eigenvalue weighted by Crippen LogP contribution is 2.36. The van der Waals surface area contributed by atoms with E-state index in [4.69, 9.17) is 15.6 Å². The van der Waals surface area contributed by atoms with Crippen LogP contribution in [-0.2, 0) is 9.59 Å². The molecule has 0 saturated carbocycles. The summed E-state index contributed by atoms with van der Waals surface area (Å²) in [7, 11) is 0. The number of nitrogens with zero attached hydrogens (tertiary/aromatic N) is 1. The van der Waals surface area contributed by atoms with Crippen molar-refractivity contribution in [2.75, 3.05) is 13.1 Å². The molecular formula is C34H35N5O4S. The monoisotopic (exact) mass is 609 g/mol. The predicted octanol–water partition coefficient (Wildman–Crippen LogP) is 5.42. The number of fused-ring (bicyclic) bond motifs is 3. The van der Waals surface area contributed by atoms with E-state index in [2.05, 4.69) is 29.7 Å². The summed E-state index contributed by atoms with van der Waals surface area (Å²) >= 11 is 1.43. The number of amidine groups is 1. The smallest absolute Gasteiger partial charge is 0.251 e. The molecule has 0 bridgehead atoms. The Kier molecular flexibility index (Phi) is 8.09. The summed E-state index contributed by atoms with van der Waals surface area (Å²) in [5.41, 5.74) is 10.5. The first-order chi connectivity index (χ1) is 21.2. The molecule has 3 amide bonds. The number of furan rings is 1. The van der Waals surface area contributed by atoms with E-state index in [0.717, 1.165) is 34.1 Å². The number of hydrogen-bond donors (Lipinski definition) is 4. The third-order valence-electron chi connectivity index (χ3n) is 8.56. The molecule has 1 aliphatic heterocycles. The van der Waals surface area contributed by atoms with Gasteiger partial charge in [-0.05, 0) is 69.0 Å². The first-order valence-corrected chi connectivity index (χ1v) is 15.7. The van der Waals surface area contributed by atoms with E-state index in [1.807, 2.05) is 31.2 Å². The van der Waals surface area contributed by atoms with Crippen molar-refractivity contribution in [2.45, 2.75) is 45.2 Å². The maximum atomic E-state index is 13.7. The summed E-state index contributed by atoms with van der Waals surface area (Å²) in [4.78, 5) is 42.9. The number of rotatable bonds is 8. The Bertz CT molecular complexity index is 1850. The van der Waals surface area contributed by atoms with Gasteiger partial charge in [0.05, 0.1) is 12.6 Å². The maximum Gasteiger partial charge on any atom is 0.251 e. The zero-order chi connectivity index (χ0) is 31.0. The lowest BCUT2D eigenvalue weighted by atomic mass is 9.87. The van der Waals surface area contributed by atoms with Crippen molar-refractivity contribution in [3.8, 4) is 0 Å². The van der Waals surface area contributed by atoms with E-state index < -0.39 is 6.04 Å². The van der Waals surface area contributed by atoms with Gasteiger partial charge in [-0.15, -0.1) is 11.3 Å². The van der Waals surface area contributed by atoms with Crippen LogP contribution in [0, 0.1) is 11.3 Å². The van der Waals surface area contributed by atoms with E-state index in [0.29, 0.717) is 29.7 Å². The highest BCUT2D eigenvalue weighted by atomic mass is 32.1. The molecule has 9 nitrogen and oxygen atoms in total. The Morgan fingerprint density at radius 3 is 2.61 bits per heavy atom. The number of nitrogen functional groups attached to an aromatic ring is 1. The molecule has 3 heterocycles. The largest absolute Gasteiger partial charge is 0.456 e. The highest BCUT2D eigenvalue weighted by molar-refractivity contribution is 7.10. The number of benzene rings is 2. The number of carbonyl (C=O) groups excluding carboxylic acids is 3. The molecule has 2 aliphatic rings. The minimum Gasteiger partial charge on any atom is -0.456 e. The van der Waals surface area contributed by atoms with Gasteiger partial charge in [0.25, 0.3) is 5.91 Å². The molecule has 6 rings (SSSR count). The van der Waals surface area contributed by atoms with Crippen LogP contribution in [0.1, 0.15) is 60.0 Å². The molecule has 44 heavy (non-hydrogen) atoms. The number of amides is 3. The van der Waals surface area contributed by atoms with Gasteiger partial charge < -0.3 is 25.7 Å². The van der Waals surface area contributed by atoms with Gasteiger partial charge in [0.2, 0.25) is 11.8 Å². The molecule has 2 aromatic heterocycles. The van der Waals surface area contributed by atoms with Gasteiger partial charge in [0, 0.05) is 44.6 Å². The fourth-order valence-electron chi connectivity index (χ4n) is 6.22. The number of allylic oxidation sites excluding steroid dienone is 3. The summed E-state index contributed by atoms with van der Waals surface area (Å²) in [6.45, 7) is 4.13. The van der Waals surface area contributed by atoms with Gasteiger partial charge in [0.1, 0.15) is 23.0 Å².